The van der Waals surface area contributed by atoms with Gasteiger partial charge in [-0.15, -0.1) is 0 Å². The van der Waals surface area contributed by atoms with E-state index in [1.807, 2.05) is 30.3 Å². The van der Waals surface area contributed by atoms with Gasteiger partial charge in [-0.2, -0.15) is 0 Å². The molecule has 5 rings (SSSR count). The van der Waals surface area contributed by atoms with Gasteiger partial charge in [0.15, 0.2) is 0 Å². The van der Waals surface area contributed by atoms with Crippen molar-refractivity contribution in [3.05, 3.63) is 99.3 Å². The third-order valence-corrected chi connectivity index (χ3v) is 6.02. The topological polar surface area (TPSA) is 49.4 Å². The lowest BCUT2D eigenvalue weighted by atomic mass is 9.88. The van der Waals surface area contributed by atoms with Gasteiger partial charge in [0.05, 0.1) is 28.9 Å². The van der Waals surface area contributed by atoms with Crippen LogP contribution in [-0.2, 0) is 0 Å². The number of benzene rings is 3. The number of anilines is 1. The summed E-state index contributed by atoms with van der Waals surface area (Å²) in [6.07, 6.45) is 0.457. The summed E-state index contributed by atoms with van der Waals surface area (Å²) in [6.45, 7) is 0. The summed E-state index contributed by atoms with van der Waals surface area (Å²) in [5.41, 5.74) is 2.68. The van der Waals surface area contributed by atoms with Crippen molar-refractivity contribution in [3.8, 4) is 0 Å². The predicted molar refractivity (Wildman–Crippen MR) is 111 cm³/mol. The smallest absolute Gasteiger partial charge is 0.262 e. The van der Waals surface area contributed by atoms with E-state index >= 15 is 0 Å². The van der Waals surface area contributed by atoms with Crippen molar-refractivity contribution in [2.24, 2.45) is 0 Å². The van der Waals surface area contributed by atoms with Gasteiger partial charge in [-0.25, -0.2) is 4.39 Å². The molecule has 0 bridgehead atoms. The molecular weight excluding hydrogens is 435 g/mol. The third kappa shape index (κ3) is 2.86. The summed E-state index contributed by atoms with van der Waals surface area (Å²) in [5.74, 6) is -1.09. The standard InChI is InChI=1S/C23H16BrFN2O2/c24-14-10-17-20(27-22(28)15-8-4-5-9-16(15)23(27)29)12-19(13-6-2-1-3-7-13)26-21(17)18(25)11-14/h1-11,19-20,26H,12H2/t19-,20-/m1/s1. The number of nitrogens with zero attached hydrogens (tertiary/aromatic N) is 1. The molecular formula is C23H16BrFN2O2. The molecule has 2 aliphatic rings. The van der Waals surface area contributed by atoms with E-state index < -0.39 is 11.9 Å². The summed E-state index contributed by atoms with van der Waals surface area (Å²) in [6, 6.07) is 18.8. The first-order valence-electron chi connectivity index (χ1n) is 9.32. The Kier molecular flexibility index (Phi) is 4.24. The molecule has 0 aromatic heterocycles. The molecule has 3 aromatic carbocycles. The molecule has 4 nitrogen and oxygen atoms in total. The van der Waals surface area contributed by atoms with E-state index in [1.165, 1.54) is 11.0 Å². The highest BCUT2D eigenvalue weighted by molar-refractivity contribution is 9.10. The number of hydrogen-bond acceptors (Lipinski definition) is 3. The molecule has 0 spiro atoms. The molecule has 0 unspecified atom stereocenters. The highest BCUT2D eigenvalue weighted by atomic mass is 79.9. The summed E-state index contributed by atoms with van der Waals surface area (Å²) >= 11 is 3.34. The number of imide groups is 1. The first-order valence-corrected chi connectivity index (χ1v) is 10.1. The van der Waals surface area contributed by atoms with Crippen molar-refractivity contribution >= 4 is 33.4 Å². The molecule has 1 N–H and O–H groups in total. The highest BCUT2D eigenvalue weighted by Crippen LogP contribution is 2.46. The first-order chi connectivity index (χ1) is 14.0. The van der Waals surface area contributed by atoms with Crippen LogP contribution in [0.1, 0.15) is 50.3 Å². The number of carbonyl (C=O) groups excluding carboxylic acids is 2. The molecule has 6 heteroatoms. The minimum atomic E-state index is -0.573. The normalized spacial score (nSPS) is 20.3. The van der Waals surface area contributed by atoms with Crippen LogP contribution in [0.25, 0.3) is 0 Å². The van der Waals surface area contributed by atoms with Gasteiger partial charge < -0.3 is 5.32 Å². The molecule has 2 aliphatic heterocycles. The van der Waals surface area contributed by atoms with E-state index in [0.29, 0.717) is 33.3 Å². The van der Waals surface area contributed by atoms with Crippen LogP contribution in [0.5, 0.6) is 0 Å². The average molecular weight is 451 g/mol. The van der Waals surface area contributed by atoms with Crippen LogP contribution >= 0.6 is 15.9 Å². The summed E-state index contributed by atoms with van der Waals surface area (Å²) in [5, 5.41) is 3.27. The Bertz CT molecular complexity index is 1110. The molecule has 0 aliphatic carbocycles. The molecule has 2 amide bonds. The maximum Gasteiger partial charge on any atom is 0.262 e. The van der Waals surface area contributed by atoms with Gasteiger partial charge in [0.1, 0.15) is 5.82 Å². The molecule has 0 saturated heterocycles. The largest absolute Gasteiger partial charge is 0.375 e. The van der Waals surface area contributed by atoms with Crippen LogP contribution in [0, 0.1) is 5.82 Å². The molecule has 2 atom stereocenters. The molecule has 144 valence electrons. The van der Waals surface area contributed by atoms with Crippen LogP contribution in [0.15, 0.2) is 71.2 Å². The van der Waals surface area contributed by atoms with Gasteiger partial charge in [-0.3, -0.25) is 14.5 Å². The summed E-state index contributed by atoms with van der Waals surface area (Å²) < 4.78 is 15.4. The Balaban J connectivity index is 1.64. The van der Waals surface area contributed by atoms with Crippen LogP contribution in [-0.4, -0.2) is 16.7 Å². The summed E-state index contributed by atoms with van der Waals surface area (Å²) in [4.78, 5) is 27.5. The quantitative estimate of drug-likeness (QED) is 0.525. The Morgan fingerprint density at radius 3 is 2.21 bits per heavy atom. The average Bonchev–Trinajstić information content (AvgIpc) is 2.99. The fraction of sp³-hybridized carbons (Fsp3) is 0.130. The molecule has 29 heavy (non-hydrogen) atoms. The van der Waals surface area contributed by atoms with Crippen molar-refractivity contribution < 1.29 is 14.0 Å². The number of nitrogens with one attached hydrogen (secondary N) is 1. The van der Waals surface area contributed by atoms with Gasteiger partial charge in [0.25, 0.3) is 11.8 Å². The van der Waals surface area contributed by atoms with E-state index in [0.717, 1.165) is 5.56 Å². The van der Waals surface area contributed by atoms with Gasteiger partial charge in [0, 0.05) is 10.0 Å². The monoisotopic (exact) mass is 450 g/mol. The van der Waals surface area contributed by atoms with E-state index in [2.05, 4.69) is 21.2 Å². The van der Waals surface area contributed by atoms with Gasteiger partial charge in [-0.1, -0.05) is 58.4 Å². The molecule has 3 aromatic rings. The van der Waals surface area contributed by atoms with Crippen molar-refractivity contribution in [2.45, 2.75) is 18.5 Å². The minimum absolute atomic E-state index is 0.228. The second kappa shape index (κ2) is 6.81. The number of hydrogen-bond donors (Lipinski definition) is 1. The van der Waals surface area contributed by atoms with Crippen LogP contribution < -0.4 is 5.32 Å². The van der Waals surface area contributed by atoms with Gasteiger partial charge >= 0.3 is 0 Å². The second-order valence-corrected chi connectivity index (χ2v) is 8.15. The Morgan fingerprint density at radius 1 is 0.931 bits per heavy atom. The van der Waals surface area contributed by atoms with Crippen LogP contribution in [0.2, 0.25) is 0 Å². The number of carbonyl (C=O) groups is 2. The number of rotatable bonds is 2. The predicted octanol–water partition coefficient (Wildman–Crippen LogP) is 5.48. The maximum atomic E-state index is 14.9. The van der Waals surface area contributed by atoms with E-state index in [-0.39, 0.29) is 17.9 Å². The Hall–Kier alpha value is -2.99. The zero-order valence-corrected chi connectivity index (χ0v) is 16.8. The van der Waals surface area contributed by atoms with Crippen LogP contribution in [0.3, 0.4) is 0 Å². The number of halogens is 2. The fourth-order valence-electron chi connectivity index (χ4n) is 4.23. The molecule has 0 fully saturated rings. The first kappa shape index (κ1) is 18.1. The lowest BCUT2D eigenvalue weighted by Gasteiger charge is -2.37. The van der Waals surface area contributed by atoms with E-state index in [9.17, 15) is 14.0 Å². The number of fused-ring (bicyclic) bond motifs is 2. The zero-order chi connectivity index (χ0) is 20.1. The molecule has 0 radical (unpaired) electrons. The van der Waals surface area contributed by atoms with E-state index in [1.54, 1.807) is 30.3 Å². The second-order valence-electron chi connectivity index (χ2n) is 7.24. The minimum Gasteiger partial charge on any atom is -0.375 e. The SMILES string of the molecule is O=C1c2ccccc2C(=O)N1[C@@H]1C[C@H](c2ccccc2)Nc2c(F)cc(Br)cc21. The van der Waals surface area contributed by atoms with Crippen LogP contribution in [0.4, 0.5) is 10.1 Å². The van der Waals surface area contributed by atoms with Crippen molar-refractivity contribution in [1.82, 2.24) is 4.90 Å². The Morgan fingerprint density at radius 2 is 1.55 bits per heavy atom. The third-order valence-electron chi connectivity index (χ3n) is 5.56. The van der Waals surface area contributed by atoms with Crippen molar-refractivity contribution in [3.63, 3.8) is 0 Å². The van der Waals surface area contributed by atoms with Crippen molar-refractivity contribution in [2.75, 3.05) is 5.32 Å². The van der Waals surface area contributed by atoms with E-state index in [4.69, 9.17) is 0 Å². The fourth-order valence-corrected chi connectivity index (χ4v) is 4.68. The van der Waals surface area contributed by atoms with Crippen molar-refractivity contribution in [1.29, 1.82) is 0 Å². The zero-order valence-electron chi connectivity index (χ0n) is 15.2. The lowest BCUT2D eigenvalue weighted by molar-refractivity contribution is 0.0566. The van der Waals surface area contributed by atoms with Gasteiger partial charge in [-0.05, 0) is 36.2 Å². The lowest BCUT2D eigenvalue weighted by Crippen LogP contribution is -2.38. The molecule has 2 heterocycles. The van der Waals surface area contributed by atoms with Gasteiger partial charge in [0.2, 0.25) is 0 Å². The Labute approximate surface area is 175 Å². The number of amides is 2. The maximum absolute atomic E-state index is 14.9. The molecule has 0 saturated carbocycles. The highest BCUT2D eigenvalue weighted by Gasteiger charge is 2.44. The summed E-state index contributed by atoms with van der Waals surface area (Å²) in [7, 11) is 0.